The van der Waals surface area contributed by atoms with Gasteiger partial charge in [0.1, 0.15) is 17.7 Å². The van der Waals surface area contributed by atoms with Crippen LogP contribution in [0, 0.1) is 0 Å². The Morgan fingerprint density at radius 2 is 1.97 bits per heavy atom. The first-order valence-corrected chi connectivity index (χ1v) is 11.3. The molecule has 0 aliphatic carbocycles. The molecule has 2 atom stereocenters. The Bertz CT molecular complexity index is 1050. The molecular weight excluding hydrogens is 402 g/mol. The number of hydrogen-bond acceptors (Lipinski definition) is 6. The summed E-state index contributed by atoms with van der Waals surface area (Å²) in [4.78, 5) is 28.8. The van der Waals surface area contributed by atoms with E-state index in [2.05, 4.69) is 10.3 Å². The largest absolute Gasteiger partial charge is 0.368 e. The van der Waals surface area contributed by atoms with Crippen LogP contribution in [0.1, 0.15) is 37.4 Å². The van der Waals surface area contributed by atoms with E-state index in [-0.39, 0.29) is 17.9 Å². The molecule has 0 unspecified atom stereocenters. The number of amides is 1. The summed E-state index contributed by atoms with van der Waals surface area (Å²) in [5, 5.41) is 3.39. The molecule has 7 nitrogen and oxygen atoms in total. The van der Waals surface area contributed by atoms with Crippen LogP contribution < -0.4 is 5.32 Å². The number of nitrogens with one attached hydrogen (secondary N) is 1. The van der Waals surface area contributed by atoms with Crippen LogP contribution in [0.15, 0.2) is 60.9 Å². The third-order valence-corrected chi connectivity index (χ3v) is 6.07. The molecule has 0 radical (unpaired) electrons. The second kappa shape index (κ2) is 9.44. The van der Waals surface area contributed by atoms with Crippen LogP contribution in [0.4, 0.5) is 11.5 Å². The smallest absolute Gasteiger partial charge is 0.251 e. The van der Waals surface area contributed by atoms with Crippen molar-refractivity contribution in [1.82, 2.24) is 19.9 Å². The van der Waals surface area contributed by atoms with Crippen molar-refractivity contribution in [3.05, 3.63) is 66.7 Å². The highest BCUT2D eigenvalue weighted by atomic mass is 16.5. The van der Waals surface area contributed by atoms with Gasteiger partial charge in [0.15, 0.2) is 0 Å². The van der Waals surface area contributed by atoms with Gasteiger partial charge in [0.2, 0.25) is 0 Å². The topological polar surface area (TPSA) is 80.2 Å². The molecule has 3 aromatic rings. The summed E-state index contributed by atoms with van der Waals surface area (Å²) in [6.45, 7) is 2.02. The average molecular weight is 430 g/mol. The van der Waals surface area contributed by atoms with Crippen LogP contribution in [0.5, 0.6) is 0 Å². The average Bonchev–Trinajstić information content (AvgIpc) is 3.36. The summed E-state index contributed by atoms with van der Waals surface area (Å²) < 4.78 is 5.72. The maximum atomic E-state index is 12.9. The molecule has 2 saturated heterocycles. The zero-order valence-corrected chi connectivity index (χ0v) is 18.0. The molecule has 5 rings (SSSR count). The number of hydrogen-bond donors (Lipinski definition) is 1. The first-order valence-electron chi connectivity index (χ1n) is 11.3. The minimum atomic E-state index is -0.291. The number of carbonyl (C=O) groups excluding carboxylic acids is 1. The van der Waals surface area contributed by atoms with E-state index in [0.717, 1.165) is 54.3 Å². The van der Waals surface area contributed by atoms with Crippen molar-refractivity contribution in [3.8, 4) is 11.3 Å². The zero-order chi connectivity index (χ0) is 21.8. The quantitative estimate of drug-likeness (QED) is 0.656. The minimum Gasteiger partial charge on any atom is -0.368 e. The van der Waals surface area contributed by atoms with E-state index in [4.69, 9.17) is 14.7 Å². The number of nitrogens with zero attached hydrogens (tertiary/aromatic N) is 4. The first kappa shape index (κ1) is 20.6. The number of carbonyl (C=O) groups is 1. The number of ether oxygens (including phenoxy) is 1. The van der Waals surface area contributed by atoms with Crippen LogP contribution in [0.25, 0.3) is 11.3 Å². The van der Waals surface area contributed by atoms with Gasteiger partial charge < -0.3 is 15.0 Å². The molecule has 32 heavy (non-hydrogen) atoms. The standard InChI is InChI=1S/C25H27N5O2/c31-25(22-10-4-5-14-32-22)30-13-11-19(17-30)24-28-21(18-7-6-12-26-16-18)15-23(29-24)27-20-8-2-1-3-9-20/h1-3,6-9,12,15-16,19,22H,4-5,10-11,13-14,17H2,(H,27,28,29)/t19-,22-/m0/s1. The summed E-state index contributed by atoms with van der Waals surface area (Å²) in [5.41, 5.74) is 2.72. The van der Waals surface area contributed by atoms with Crippen molar-refractivity contribution in [2.24, 2.45) is 0 Å². The highest BCUT2D eigenvalue weighted by Crippen LogP contribution is 2.30. The van der Waals surface area contributed by atoms with E-state index < -0.39 is 0 Å². The van der Waals surface area contributed by atoms with E-state index in [0.29, 0.717) is 19.7 Å². The first-order chi connectivity index (χ1) is 15.8. The monoisotopic (exact) mass is 429 g/mol. The molecule has 2 aliphatic rings. The Labute approximate surface area is 187 Å². The van der Waals surface area contributed by atoms with Gasteiger partial charge in [0, 0.05) is 55.3 Å². The summed E-state index contributed by atoms with van der Waals surface area (Å²) in [7, 11) is 0. The number of likely N-dealkylation sites (tertiary alicyclic amines) is 1. The van der Waals surface area contributed by atoms with E-state index in [1.807, 2.05) is 59.6 Å². The van der Waals surface area contributed by atoms with Crippen molar-refractivity contribution in [2.75, 3.05) is 25.0 Å². The molecule has 2 aromatic heterocycles. The highest BCUT2D eigenvalue weighted by molar-refractivity contribution is 5.81. The fourth-order valence-electron chi connectivity index (χ4n) is 4.35. The molecular formula is C25H27N5O2. The predicted octanol–water partition coefficient (Wildman–Crippen LogP) is 4.17. The van der Waals surface area contributed by atoms with Crippen molar-refractivity contribution in [1.29, 1.82) is 0 Å². The van der Waals surface area contributed by atoms with Crippen molar-refractivity contribution in [3.63, 3.8) is 0 Å². The SMILES string of the molecule is O=C([C@@H]1CCCCO1)N1CC[C@H](c2nc(Nc3ccccc3)cc(-c3cccnc3)n2)C1. The van der Waals surface area contributed by atoms with E-state index >= 15 is 0 Å². The second-order valence-corrected chi connectivity index (χ2v) is 8.35. The molecule has 1 amide bonds. The fraction of sp³-hybridized carbons (Fsp3) is 0.360. The number of anilines is 2. The Morgan fingerprint density at radius 3 is 2.75 bits per heavy atom. The number of rotatable bonds is 5. The molecule has 0 bridgehead atoms. The third-order valence-electron chi connectivity index (χ3n) is 6.07. The van der Waals surface area contributed by atoms with Gasteiger partial charge in [-0.25, -0.2) is 9.97 Å². The van der Waals surface area contributed by atoms with Crippen molar-refractivity contribution in [2.45, 2.75) is 37.7 Å². The van der Waals surface area contributed by atoms with Crippen LogP contribution in [-0.2, 0) is 9.53 Å². The number of aromatic nitrogens is 3. The molecule has 1 N–H and O–H groups in total. The van der Waals surface area contributed by atoms with E-state index in [1.165, 1.54) is 0 Å². The van der Waals surface area contributed by atoms with Gasteiger partial charge in [0.25, 0.3) is 5.91 Å². The van der Waals surface area contributed by atoms with Gasteiger partial charge in [-0.1, -0.05) is 18.2 Å². The zero-order valence-electron chi connectivity index (χ0n) is 18.0. The lowest BCUT2D eigenvalue weighted by Crippen LogP contribution is -2.40. The summed E-state index contributed by atoms with van der Waals surface area (Å²) >= 11 is 0. The lowest BCUT2D eigenvalue weighted by atomic mass is 10.1. The van der Waals surface area contributed by atoms with E-state index in [1.54, 1.807) is 6.20 Å². The van der Waals surface area contributed by atoms with Gasteiger partial charge >= 0.3 is 0 Å². The number of pyridine rings is 1. The molecule has 0 spiro atoms. The summed E-state index contributed by atoms with van der Waals surface area (Å²) in [6, 6.07) is 15.8. The lowest BCUT2D eigenvalue weighted by Gasteiger charge is -2.26. The molecule has 164 valence electrons. The van der Waals surface area contributed by atoms with Gasteiger partial charge in [-0.15, -0.1) is 0 Å². The predicted molar refractivity (Wildman–Crippen MR) is 123 cm³/mol. The summed E-state index contributed by atoms with van der Waals surface area (Å²) in [6.07, 6.45) is 7.03. The Hall–Kier alpha value is -3.32. The summed E-state index contributed by atoms with van der Waals surface area (Å²) in [5.74, 6) is 1.69. The Kier molecular flexibility index (Phi) is 6.07. The second-order valence-electron chi connectivity index (χ2n) is 8.35. The van der Waals surface area contributed by atoms with Crippen LogP contribution >= 0.6 is 0 Å². The highest BCUT2D eigenvalue weighted by Gasteiger charge is 2.34. The molecule has 1 aromatic carbocycles. The normalized spacial score (nSPS) is 20.8. The van der Waals surface area contributed by atoms with Crippen molar-refractivity contribution < 1.29 is 9.53 Å². The molecule has 2 aliphatic heterocycles. The van der Waals surface area contributed by atoms with Crippen LogP contribution in [0.3, 0.4) is 0 Å². The molecule has 0 saturated carbocycles. The van der Waals surface area contributed by atoms with E-state index in [9.17, 15) is 4.79 Å². The molecule has 4 heterocycles. The Morgan fingerprint density at radius 1 is 1.06 bits per heavy atom. The van der Waals surface area contributed by atoms with Gasteiger partial charge in [-0.2, -0.15) is 0 Å². The van der Waals surface area contributed by atoms with Crippen LogP contribution in [-0.4, -0.2) is 51.6 Å². The maximum Gasteiger partial charge on any atom is 0.251 e. The van der Waals surface area contributed by atoms with Crippen LogP contribution in [0.2, 0.25) is 0 Å². The number of benzene rings is 1. The number of para-hydroxylation sites is 1. The molecule has 2 fully saturated rings. The third kappa shape index (κ3) is 4.62. The molecule has 7 heteroatoms. The van der Waals surface area contributed by atoms with Crippen molar-refractivity contribution >= 4 is 17.4 Å². The Balaban J connectivity index is 1.40. The lowest BCUT2D eigenvalue weighted by molar-refractivity contribution is -0.145. The van der Waals surface area contributed by atoms with Gasteiger partial charge in [-0.3, -0.25) is 9.78 Å². The minimum absolute atomic E-state index is 0.0930. The fourth-order valence-corrected chi connectivity index (χ4v) is 4.35. The van der Waals surface area contributed by atoms with Gasteiger partial charge in [0.05, 0.1) is 5.69 Å². The van der Waals surface area contributed by atoms with Gasteiger partial charge in [-0.05, 0) is 49.9 Å². The maximum absolute atomic E-state index is 12.9.